The molecule has 1 amide bonds. The molecule has 0 spiro atoms. The normalized spacial score (nSPS) is 12.6. The molecule has 1 N–H and O–H groups in total. The Balaban J connectivity index is 2.61. The van der Waals surface area contributed by atoms with E-state index in [2.05, 4.69) is 4.98 Å². The third kappa shape index (κ3) is 3.15. The van der Waals surface area contributed by atoms with Crippen molar-refractivity contribution in [3.05, 3.63) is 16.1 Å². The Morgan fingerprint density at radius 2 is 2.00 bits per heavy atom. The predicted octanol–water partition coefficient (Wildman–Crippen LogP) is 2.52. The summed E-state index contributed by atoms with van der Waals surface area (Å²) in [4.78, 5) is 15.4. The Labute approximate surface area is 103 Å². The van der Waals surface area contributed by atoms with E-state index in [9.17, 15) is 26.7 Å². The Morgan fingerprint density at radius 3 is 2.44 bits per heavy atom. The first-order valence-electron chi connectivity index (χ1n) is 4.85. The summed E-state index contributed by atoms with van der Waals surface area (Å²) in [6.07, 6.45) is -3.74. The molecule has 0 bridgehead atoms. The second-order valence-electron chi connectivity index (χ2n) is 3.33. The van der Waals surface area contributed by atoms with Crippen LogP contribution >= 0.6 is 11.3 Å². The van der Waals surface area contributed by atoms with Gasteiger partial charge in [-0.1, -0.05) is 6.92 Å². The van der Waals surface area contributed by atoms with Crippen molar-refractivity contribution < 1.29 is 26.7 Å². The van der Waals surface area contributed by atoms with Crippen LogP contribution in [0.3, 0.4) is 0 Å². The molecule has 0 saturated heterocycles. The van der Waals surface area contributed by atoms with Crippen LogP contribution in [0.5, 0.6) is 0 Å². The van der Waals surface area contributed by atoms with Gasteiger partial charge in [-0.2, -0.15) is 22.0 Å². The predicted molar refractivity (Wildman–Crippen MR) is 54.3 cm³/mol. The molecular weight excluding hydrogens is 279 g/mol. The lowest BCUT2D eigenvalue weighted by atomic mass is 10.3. The summed E-state index contributed by atoms with van der Waals surface area (Å²) >= 11 is 1.14. The number of nitrogens with one attached hydrogen (secondary N) is 1. The summed E-state index contributed by atoms with van der Waals surface area (Å²) in [6, 6.07) is 0. The fourth-order valence-electron chi connectivity index (χ4n) is 0.989. The van der Waals surface area contributed by atoms with Gasteiger partial charge in [0.15, 0.2) is 0 Å². The van der Waals surface area contributed by atoms with Gasteiger partial charge < -0.3 is 5.32 Å². The summed E-state index contributed by atoms with van der Waals surface area (Å²) < 4.78 is 60.6. The molecule has 0 atom stereocenters. The average molecular weight is 288 g/mol. The molecule has 0 saturated carbocycles. The van der Waals surface area contributed by atoms with Crippen molar-refractivity contribution in [1.29, 1.82) is 0 Å². The number of hydrogen-bond donors (Lipinski definition) is 1. The smallest absolute Gasteiger partial charge is 0.344 e. The van der Waals surface area contributed by atoms with Gasteiger partial charge in [-0.05, 0) is 6.42 Å². The molecule has 1 rings (SSSR count). The van der Waals surface area contributed by atoms with Crippen LogP contribution in [-0.4, -0.2) is 23.0 Å². The van der Waals surface area contributed by atoms with Crippen molar-refractivity contribution in [2.24, 2.45) is 0 Å². The maximum Gasteiger partial charge on any atom is 0.463 e. The van der Waals surface area contributed by atoms with Crippen LogP contribution in [0.2, 0.25) is 0 Å². The van der Waals surface area contributed by atoms with E-state index < -0.39 is 24.6 Å². The molecule has 0 radical (unpaired) electrons. The van der Waals surface area contributed by atoms with Gasteiger partial charge in [-0.25, -0.2) is 4.98 Å². The zero-order valence-corrected chi connectivity index (χ0v) is 9.96. The summed E-state index contributed by atoms with van der Waals surface area (Å²) in [5.74, 6) is -7.76. The topological polar surface area (TPSA) is 42.0 Å². The highest BCUT2D eigenvalue weighted by molar-refractivity contribution is 7.11. The van der Waals surface area contributed by atoms with E-state index in [0.29, 0.717) is 6.42 Å². The van der Waals surface area contributed by atoms with Gasteiger partial charge in [0.05, 0.1) is 6.54 Å². The van der Waals surface area contributed by atoms with E-state index in [1.54, 1.807) is 0 Å². The number of hydrogen-bond acceptors (Lipinski definition) is 3. The van der Waals surface area contributed by atoms with Crippen LogP contribution in [0, 0.1) is 0 Å². The second-order valence-corrected chi connectivity index (χ2v) is 4.53. The largest absolute Gasteiger partial charge is 0.463 e. The molecule has 1 aromatic rings. The van der Waals surface area contributed by atoms with E-state index in [1.165, 1.54) is 11.5 Å². The monoisotopic (exact) mass is 288 g/mol. The lowest BCUT2D eigenvalue weighted by Crippen LogP contribution is -2.50. The molecule has 1 aromatic heterocycles. The Hall–Kier alpha value is -1.25. The molecule has 3 nitrogen and oxygen atoms in total. The van der Waals surface area contributed by atoms with Crippen LogP contribution in [0.4, 0.5) is 22.0 Å². The molecule has 0 unspecified atom stereocenters. The van der Waals surface area contributed by atoms with Crippen molar-refractivity contribution in [3.63, 3.8) is 0 Å². The number of aromatic nitrogens is 1. The fraction of sp³-hybridized carbons (Fsp3) is 0.556. The van der Waals surface area contributed by atoms with Crippen LogP contribution in [0.15, 0.2) is 6.20 Å². The first-order chi connectivity index (χ1) is 8.18. The lowest BCUT2D eigenvalue weighted by Gasteiger charge is -2.18. The van der Waals surface area contributed by atoms with Crippen molar-refractivity contribution in [2.45, 2.75) is 32.0 Å². The van der Waals surface area contributed by atoms with Gasteiger partial charge in [0.25, 0.3) is 0 Å². The van der Waals surface area contributed by atoms with Gasteiger partial charge >= 0.3 is 18.0 Å². The molecule has 0 aliphatic carbocycles. The standard InChI is InChI=1S/C9H9F5N2OS/c1-2-5-3-15-6(18-5)4-16-7(17)8(10,11)9(12,13)14/h3H,2,4H2,1H3,(H,16,17). The number of carbonyl (C=O) groups excluding carboxylic acids is 1. The van der Waals surface area contributed by atoms with E-state index in [4.69, 9.17) is 0 Å². The second kappa shape index (κ2) is 5.17. The number of thiazole rings is 1. The maximum atomic E-state index is 12.5. The molecule has 0 fully saturated rings. The molecule has 102 valence electrons. The highest BCUT2D eigenvalue weighted by atomic mass is 32.1. The number of aryl methyl sites for hydroxylation is 1. The molecule has 18 heavy (non-hydrogen) atoms. The third-order valence-corrected chi connectivity index (χ3v) is 3.13. The van der Waals surface area contributed by atoms with Gasteiger partial charge in [0, 0.05) is 11.1 Å². The molecule has 9 heteroatoms. The minimum absolute atomic E-state index is 0.276. The van der Waals surface area contributed by atoms with Crippen LogP contribution in [0.1, 0.15) is 16.8 Å². The Kier molecular flexibility index (Phi) is 4.25. The van der Waals surface area contributed by atoms with Crippen molar-refractivity contribution in [3.8, 4) is 0 Å². The third-order valence-electron chi connectivity index (χ3n) is 1.99. The molecule has 0 aliphatic heterocycles. The van der Waals surface area contributed by atoms with Crippen LogP contribution < -0.4 is 5.32 Å². The molecule has 0 aromatic carbocycles. The maximum absolute atomic E-state index is 12.5. The summed E-state index contributed by atoms with van der Waals surface area (Å²) in [6.45, 7) is 1.39. The Morgan fingerprint density at radius 1 is 1.39 bits per heavy atom. The molecule has 0 aliphatic rings. The summed E-state index contributed by atoms with van der Waals surface area (Å²) in [5.41, 5.74) is 0. The minimum atomic E-state index is -5.89. The van der Waals surface area contributed by atoms with Crippen LogP contribution in [0.25, 0.3) is 0 Å². The van der Waals surface area contributed by atoms with E-state index in [1.807, 2.05) is 6.92 Å². The van der Waals surface area contributed by atoms with Gasteiger partial charge in [-0.3, -0.25) is 4.79 Å². The number of alkyl halides is 5. The number of amides is 1. The lowest BCUT2D eigenvalue weighted by molar-refractivity contribution is -0.269. The minimum Gasteiger partial charge on any atom is -0.344 e. The van der Waals surface area contributed by atoms with Crippen molar-refractivity contribution in [1.82, 2.24) is 10.3 Å². The molecular formula is C9H9F5N2OS. The number of nitrogens with zero attached hydrogens (tertiary/aromatic N) is 1. The fourth-order valence-corrected chi connectivity index (χ4v) is 1.79. The van der Waals surface area contributed by atoms with Crippen molar-refractivity contribution >= 4 is 17.2 Å². The van der Waals surface area contributed by atoms with E-state index >= 15 is 0 Å². The number of carbonyl (C=O) groups is 1. The van der Waals surface area contributed by atoms with Gasteiger partial charge in [0.1, 0.15) is 5.01 Å². The first-order valence-corrected chi connectivity index (χ1v) is 5.66. The Bertz CT molecular complexity index is 429. The first kappa shape index (κ1) is 14.8. The summed E-state index contributed by atoms with van der Waals surface area (Å²) in [7, 11) is 0. The number of rotatable bonds is 4. The van der Waals surface area contributed by atoms with Crippen LogP contribution in [-0.2, 0) is 17.8 Å². The van der Waals surface area contributed by atoms with Crippen molar-refractivity contribution in [2.75, 3.05) is 0 Å². The number of halogens is 5. The van der Waals surface area contributed by atoms with Gasteiger partial charge in [-0.15, -0.1) is 11.3 Å². The quantitative estimate of drug-likeness (QED) is 0.865. The highest BCUT2D eigenvalue weighted by Crippen LogP contribution is 2.35. The highest BCUT2D eigenvalue weighted by Gasteiger charge is 2.63. The average Bonchev–Trinajstić information content (AvgIpc) is 2.72. The zero-order valence-electron chi connectivity index (χ0n) is 9.15. The van der Waals surface area contributed by atoms with Gasteiger partial charge in [0.2, 0.25) is 0 Å². The SMILES string of the molecule is CCc1cnc(CNC(=O)C(F)(F)C(F)(F)F)s1. The van der Waals surface area contributed by atoms with E-state index in [-0.39, 0.29) is 5.01 Å². The van der Waals surface area contributed by atoms with E-state index in [0.717, 1.165) is 16.2 Å². The molecule has 1 heterocycles. The zero-order chi connectivity index (χ0) is 14.0. The summed E-state index contributed by atoms with van der Waals surface area (Å²) in [5, 5.41) is 1.80.